The van der Waals surface area contributed by atoms with Gasteiger partial charge in [0.25, 0.3) is 0 Å². The van der Waals surface area contributed by atoms with Crippen LogP contribution >= 0.6 is 15.9 Å². The Kier molecular flexibility index (Phi) is 4.23. The van der Waals surface area contributed by atoms with E-state index in [1.165, 1.54) is 6.07 Å². The zero-order valence-electron chi connectivity index (χ0n) is 8.59. The minimum atomic E-state index is -0.334. The van der Waals surface area contributed by atoms with E-state index in [9.17, 15) is 4.39 Å². The molecule has 1 aromatic rings. The number of nitrogens with zero attached hydrogens (tertiary/aromatic N) is 1. The first-order chi connectivity index (χ1) is 7.04. The predicted molar refractivity (Wildman–Crippen MR) is 63.1 cm³/mol. The summed E-state index contributed by atoms with van der Waals surface area (Å²) in [7, 11) is 0. The molecule has 0 aliphatic heterocycles. The van der Waals surface area contributed by atoms with Crippen molar-refractivity contribution in [2.75, 3.05) is 0 Å². The molecule has 5 heteroatoms. The van der Waals surface area contributed by atoms with Gasteiger partial charge in [0.15, 0.2) is 0 Å². The van der Waals surface area contributed by atoms with Gasteiger partial charge in [0.2, 0.25) is 0 Å². The lowest BCUT2D eigenvalue weighted by atomic mass is 10.2. The molecule has 0 radical (unpaired) electrons. The van der Waals surface area contributed by atoms with Crippen LogP contribution in [0.1, 0.15) is 19.4 Å². The predicted octanol–water partition coefficient (Wildman–Crippen LogP) is 2.21. The van der Waals surface area contributed by atoms with E-state index in [0.717, 1.165) is 0 Å². The number of amidine groups is 1. The van der Waals surface area contributed by atoms with Crippen LogP contribution in [-0.2, 0) is 0 Å². The van der Waals surface area contributed by atoms with Gasteiger partial charge in [-0.2, -0.15) is 0 Å². The molecule has 3 N–H and O–H groups in total. The third kappa shape index (κ3) is 3.28. The second-order valence-electron chi connectivity index (χ2n) is 3.34. The molecule has 0 heterocycles. The first-order valence-electron chi connectivity index (χ1n) is 4.54. The molecule has 0 aliphatic carbocycles. The van der Waals surface area contributed by atoms with Crippen LogP contribution in [0.4, 0.5) is 4.39 Å². The third-order valence-corrected chi connectivity index (χ3v) is 2.36. The highest BCUT2D eigenvalue weighted by Crippen LogP contribution is 2.16. The molecule has 0 saturated heterocycles. The van der Waals surface area contributed by atoms with Crippen molar-refractivity contribution in [2.24, 2.45) is 10.8 Å². The van der Waals surface area contributed by atoms with Crippen molar-refractivity contribution in [3.63, 3.8) is 0 Å². The number of hydrogen-bond acceptors (Lipinski definition) is 2. The molecular formula is C10H13BrFN3. The van der Waals surface area contributed by atoms with E-state index in [4.69, 9.17) is 5.84 Å². The van der Waals surface area contributed by atoms with Crippen LogP contribution in [0.3, 0.4) is 0 Å². The van der Waals surface area contributed by atoms with E-state index in [1.807, 2.05) is 13.8 Å². The second kappa shape index (κ2) is 5.23. The lowest BCUT2D eigenvalue weighted by Crippen LogP contribution is -2.32. The van der Waals surface area contributed by atoms with Crippen molar-refractivity contribution in [2.45, 2.75) is 19.9 Å². The monoisotopic (exact) mass is 273 g/mol. The van der Waals surface area contributed by atoms with Gasteiger partial charge in [0, 0.05) is 11.6 Å². The first-order valence-corrected chi connectivity index (χ1v) is 5.33. The fraction of sp³-hybridized carbons (Fsp3) is 0.300. The van der Waals surface area contributed by atoms with Gasteiger partial charge in [-0.05, 0) is 48.0 Å². The molecule has 1 rings (SSSR count). The number of nitrogens with two attached hydrogens (primary N) is 1. The Morgan fingerprint density at radius 1 is 1.53 bits per heavy atom. The largest absolute Gasteiger partial charge is 0.308 e. The van der Waals surface area contributed by atoms with E-state index in [-0.39, 0.29) is 11.9 Å². The lowest BCUT2D eigenvalue weighted by molar-refractivity contribution is 0.620. The van der Waals surface area contributed by atoms with Gasteiger partial charge in [0.05, 0.1) is 4.47 Å². The van der Waals surface area contributed by atoms with Gasteiger partial charge in [-0.25, -0.2) is 10.2 Å². The van der Waals surface area contributed by atoms with Gasteiger partial charge < -0.3 is 5.43 Å². The normalized spacial score (nSPS) is 12.0. The van der Waals surface area contributed by atoms with E-state index >= 15 is 0 Å². The summed E-state index contributed by atoms with van der Waals surface area (Å²) in [5.41, 5.74) is 3.10. The molecule has 3 nitrogen and oxygen atoms in total. The van der Waals surface area contributed by atoms with Crippen molar-refractivity contribution < 1.29 is 4.39 Å². The molecule has 0 spiro atoms. The molecule has 82 valence electrons. The van der Waals surface area contributed by atoms with Crippen LogP contribution in [0.2, 0.25) is 0 Å². The van der Waals surface area contributed by atoms with Crippen LogP contribution in [0, 0.1) is 5.82 Å². The Hall–Kier alpha value is -0.940. The third-order valence-electron chi connectivity index (χ3n) is 1.72. The zero-order valence-corrected chi connectivity index (χ0v) is 10.2. The van der Waals surface area contributed by atoms with Gasteiger partial charge >= 0.3 is 0 Å². The van der Waals surface area contributed by atoms with Crippen molar-refractivity contribution >= 4 is 21.8 Å². The fourth-order valence-corrected chi connectivity index (χ4v) is 1.34. The molecule has 1 aromatic carbocycles. The minimum Gasteiger partial charge on any atom is -0.308 e. The van der Waals surface area contributed by atoms with Crippen molar-refractivity contribution in [3.05, 3.63) is 34.1 Å². The molecule has 0 aromatic heterocycles. The number of halogens is 2. The molecule has 0 unspecified atom stereocenters. The highest BCUT2D eigenvalue weighted by Gasteiger charge is 2.06. The van der Waals surface area contributed by atoms with E-state index in [1.54, 1.807) is 12.1 Å². The highest BCUT2D eigenvalue weighted by atomic mass is 79.9. The van der Waals surface area contributed by atoms with Crippen molar-refractivity contribution in [3.8, 4) is 0 Å². The summed E-state index contributed by atoms with van der Waals surface area (Å²) < 4.78 is 13.7. The topological polar surface area (TPSA) is 50.4 Å². The summed E-state index contributed by atoms with van der Waals surface area (Å²) in [6.07, 6.45) is 0. The number of hydrazine groups is 1. The maximum atomic E-state index is 13.2. The average Bonchev–Trinajstić information content (AvgIpc) is 2.18. The lowest BCUT2D eigenvalue weighted by Gasteiger charge is -2.08. The number of aliphatic imine (C=N–C) groups is 1. The van der Waals surface area contributed by atoms with Crippen LogP contribution in [0.25, 0.3) is 0 Å². The summed E-state index contributed by atoms with van der Waals surface area (Å²) in [5, 5.41) is 0. The van der Waals surface area contributed by atoms with Gasteiger partial charge in [-0.3, -0.25) is 4.99 Å². The Bertz CT molecular complexity index is 377. The maximum Gasteiger partial charge on any atom is 0.142 e. The SMILES string of the molecule is CC(C)N=C(NN)c1ccc(Br)c(F)c1. The van der Waals surface area contributed by atoms with Gasteiger partial charge in [-0.15, -0.1) is 0 Å². The minimum absolute atomic E-state index is 0.0998. The number of benzene rings is 1. The Labute approximate surface area is 96.7 Å². The molecule has 0 aliphatic rings. The second-order valence-corrected chi connectivity index (χ2v) is 4.20. The molecule has 0 amide bonds. The first kappa shape index (κ1) is 12.1. The van der Waals surface area contributed by atoms with Gasteiger partial charge in [-0.1, -0.05) is 0 Å². The molecule has 0 saturated carbocycles. The fourth-order valence-electron chi connectivity index (χ4n) is 1.10. The number of nitrogens with one attached hydrogen (secondary N) is 1. The van der Waals surface area contributed by atoms with Crippen molar-refractivity contribution in [1.82, 2.24) is 5.43 Å². The van der Waals surface area contributed by atoms with E-state index in [2.05, 4.69) is 26.3 Å². The number of rotatable bonds is 2. The molecule has 15 heavy (non-hydrogen) atoms. The van der Waals surface area contributed by atoms with Crippen LogP contribution < -0.4 is 11.3 Å². The summed E-state index contributed by atoms with van der Waals surface area (Å²) in [5.74, 6) is 5.47. The Morgan fingerprint density at radius 2 is 2.20 bits per heavy atom. The zero-order chi connectivity index (χ0) is 11.4. The molecule has 0 fully saturated rings. The van der Waals surface area contributed by atoms with Crippen LogP contribution in [-0.4, -0.2) is 11.9 Å². The van der Waals surface area contributed by atoms with Crippen LogP contribution in [0.15, 0.2) is 27.7 Å². The summed E-state index contributed by atoms with van der Waals surface area (Å²) in [6.45, 7) is 3.85. The average molecular weight is 274 g/mol. The molecule has 0 bridgehead atoms. The molecule has 0 atom stereocenters. The maximum absolute atomic E-state index is 13.2. The summed E-state index contributed by atoms with van der Waals surface area (Å²) >= 11 is 3.08. The Morgan fingerprint density at radius 3 is 2.67 bits per heavy atom. The van der Waals surface area contributed by atoms with E-state index < -0.39 is 0 Å². The quantitative estimate of drug-likeness (QED) is 0.376. The van der Waals surface area contributed by atoms with Crippen molar-refractivity contribution in [1.29, 1.82) is 0 Å². The standard InChI is InChI=1S/C10H13BrFN3/c1-6(2)14-10(15-13)7-3-4-8(11)9(12)5-7/h3-6H,13H2,1-2H3,(H,14,15). The summed E-state index contributed by atoms with van der Waals surface area (Å²) in [4.78, 5) is 4.24. The van der Waals surface area contributed by atoms with E-state index in [0.29, 0.717) is 15.9 Å². The smallest absolute Gasteiger partial charge is 0.142 e. The van der Waals surface area contributed by atoms with Gasteiger partial charge in [0.1, 0.15) is 11.7 Å². The highest BCUT2D eigenvalue weighted by molar-refractivity contribution is 9.10. The Balaban J connectivity index is 3.08. The number of hydrogen-bond donors (Lipinski definition) is 2. The van der Waals surface area contributed by atoms with Crippen LogP contribution in [0.5, 0.6) is 0 Å². The summed E-state index contributed by atoms with van der Waals surface area (Å²) in [6, 6.07) is 4.85. The molecular weight excluding hydrogens is 261 g/mol.